The van der Waals surface area contributed by atoms with Crippen LogP contribution in [0.2, 0.25) is 0 Å². The zero-order valence-corrected chi connectivity index (χ0v) is 10.7. The zero-order valence-electron chi connectivity index (χ0n) is 10.7. The first-order valence-electron chi connectivity index (χ1n) is 6.17. The number of hydrogen-bond donors (Lipinski definition) is 2. The van der Waals surface area contributed by atoms with E-state index in [1.54, 1.807) is 6.92 Å². The maximum Gasteiger partial charge on any atom is 0.219 e. The van der Waals surface area contributed by atoms with Crippen molar-refractivity contribution >= 4 is 5.91 Å². The van der Waals surface area contributed by atoms with Crippen molar-refractivity contribution in [3.05, 3.63) is 0 Å². The molecule has 17 heavy (non-hydrogen) atoms. The first-order valence-corrected chi connectivity index (χ1v) is 6.17. The highest BCUT2D eigenvalue weighted by molar-refractivity contribution is 5.74. The SMILES string of the molecule is CC(=O)N1CC(C)(C)C2OC(CN)C(O)CC21. The molecule has 5 heteroatoms. The van der Waals surface area contributed by atoms with Gasteiger partial charge in [0.05, 0.1) is 24.4 Å². The number of likely N-dealkylation sites (tertiary alicyclic amines) is 1. The molecule has 3 N–H and O–H groups in total. The predicted octanol–water partition coefficient (Wildman–Crippen LogP) is -0.280. The lowest BCUT2D eigenvalue weighted by Crippen LogP contribution is -2.54. The highest BCUT2D eigenvalue weighted by Crippen LogP contribution is 2.42. The van der Waals surface area contributed by atoms with Gasteiger partial charge in [-0.05, 0) is 6.42 Å². The Morgan fingerprint density at radius 2 is 2.24 bits per heavy atom. The Morgan fingerprint density at radius 3 is 2.76 bits per heavy atom. The number of amides is 1. The predicted molar refractivity (Wildman–Crippen MR) is 63.3 cm³/mol. The van der Waals surface area contributed by atoms with E-state index in [1.807, 2.05) is 4.90 Å². The average Bonchev–Trinajstić information content (AvgIpc) is 2.49. The molecule has 0 bridgehead atoms. The van der Waals surface area contributed by atoms with Crippen LogP contribution in [0.5, 0.6) is 0 Å². The van der Waals surface area contributed by atoms with Crippen LogP contribution in [0, 0.1) is 5.41 Å². The van der Waals surface area contributed by atoms with Crippen LogP contribution in [-0.4, -0.2) is 53.4 Å². The molecule has 2 rings (SSSR count). The standard InChI is InChI=1S/C12H22N2O3/c1-7(15)14-6-12(2,3)11-8(14)4-9(16)10(5-13)17-11/h8-11,16H,4-6,13H2,1-3H3. The molecule has 5 nitrogen and oxygen atoms in total. The van der Waals surface area contributed by atoms with Crippen LogP contribution < -0.4 is 5.73 Å². The number of nitrogens with zero attached hydrogens (tertiary/aromatic N) is 1. The third-order valence-corrected chi connectivity index (χ3v) is 3.97. The lowest BCUT2D eigenvalue weighted by atomic mass is 9.83. The number of nitrogens with two attached hydrogens (primary N) is 1. The zero-order chi connectivity index (χ0) is 12.8. The first kappa shape index (κ1) is 12.8. The number of carbonyl (C=O) groups excluding carboxylic acids is 1. The minimum absolute atomic E-state index is 0.0136. The molecule has 0 radical (unpaired) electrons. The van der Waals surface area contributed by atoms with Crippen molar-refractivity contribution in [1.29, 1.82) is 0 Å². The van der Waals surface area contributed by atoms with Gasteiger partial charge < -0.3 is 20.5 Å². The number of ether oxygens (including phenoxy) is 1. The van der Waals surface area contributed by atoms with Crippen LogP contribution in [0.4, 0.5) is 0 Å². The van der Waals surface area contributed by atoms with E-state index in [-0.39, 0.29) is 29.6 Å². The van der Waals surface area contributed by atoms with Gasteiger partial charge in [0.2, 0.25) is 5.91 Å². The van der Waals surface area contributed by atoms with Gasteiger partial charge in [-0.2, -0.15) is 0 Å². The molecule has 0 aromatic rings. The van der Waals surface area contributed by atoms with E-state index in [1.165, 1.54) is 0 Å². The average molecular weight is 242 g/mol. The number of aliphatic hydroxyl groups is 1. The highest BCUT2D eigenvalue weighted by atomic mass is 16.5. The Bertz CT molecular complexity index is 319. The van der Waals surface area contributed by atoms with Gasteiger partial charge in [-0.15, -0.1) is 0 Å². The lowest BCUT2D eigenvalue weighted by Gasteiger charge is -2.40. The van der Waals surface area contributed by atoms with Crippen molar-refractivity contribution in [3.63, 3.8) is 0 Å². The smallest absolute Gasteiger partial charge is 0.219 e. The van der Waals surface area contributed by atoms with Crippen molar-refractivity contribution in [3.8, 4) is 0 Å². The van der Waals surface area contributed by atoms with Crippen molar-refractivity contribution in [2.24, 2.45) is 11.1 Å². The quantitative estimate of drug-likeness (QED) is 0.663. The molecule has 0 spiro atoms. The van der Waals surface area contributed by atoms with Gasteiger partial charge >= 0.3 is 0 Å². The molecule has 98 valence electrons. The van der Waals surface area contributed by atoms with Crippen molar-refractivity contribution < 1.29 is 14.6 Å². The number of rotatable bonds is 1. The Balaban J connectivity index is 2.22. The second-order valence-corrected chi connectivity index (χ2v) is 5.84. The molecule has 2 aliphatic rings. The van der Waals surface area contributed by atoms with Crippen molar-refractivity contribution in [2.45, 2.75) is 51.5 Å². The van der Waals surface area contributed by atoms with Crippen LogP contribution in [-0.2, 0) is 9.53 Å². The van der Waals surface area contributed by atoms with E-state index in [4.69, 9.17) is 10.5 Å². The summed E-state index contributed by atoms with van der Waals surface area (Å²) in [5, 5.41) is 9.94. The monoisotopic (exact) mass is 242 g/mol. The van der Waals surface area contributed by atoms with Gasteiger partial charge in [-0.25, -0.2) is 0 Å². The molecule has 2 saturated heterocycles. The van der Waals surface area contributed by atoms with Crippen LogP contribution >= 0.6 is 0 Å². The number of carbonyl (C=O) groups is 1. The van der Waals surface area contributed by atoms with Crippen molar-refractivity contribution in [1.82, 2.24) is 4.90 Å². The summed E-state index contributed by atoms with van der Waals surface area (Å²) in [7, 11) is 0. The van der Waals surface area contributed by atoms with Crippen molar-refractivity contribution in [2.75, 3.05) is 13.1 Å². The van der Waals surface area contributed by atoms with E-state index in [0.29, 0.717) is 19.5 Å². The molecule has 2 aliphatic heterocycles. The molecular weight excluding hydrogens is 220 g/mol. The third kappa shape index (κ3) is 2.07. The van der Waals surface area contributed by atoms with Crippen LogP contribution in [0.1, 0.15) is 27.2 Å². The van der Waals surface area contributed by atoms with Gasteiger partial charge in [-0.3, -0.25) is 4.79 Å². The van der Waals surface area contributed by atoms with Crippen LogP contribution in [0.15, 0.2) is 0 Å². The summed E-state index contributed by atoms with van der Waals surface area (Å²) in [6.45, 7) is 6.76. The van der Waals surface area contributed by atoms with Gasteiger partial charge in [-0.1, -0.05) is 13.8 Å². The summed E-state index contributed by atoms with van der Waals surface area (Å²) in [5.74, 6) is 0.0487. The molecule has 0 saturated carbocycles. The second kappa shape index (κ2) is 4.23. The van der Waals surface area contributed by atoms with Gasteiger partial charge in [0.1, 0.15) is 0 Å². The van der Waals surface area contributed by atoms with Gasteiger partial charge in [0.25, 0.3) is 0 Å². The maximum atomic E-state index is 11.6. The number of aliphatic hydroxyl groups excluding tert-OH is 1. The fourth-order valence-electron chi connectivity index (χ4n) is 3.09. The molecule has 0 aromatic heterocycles. The fourth-order valence-corrected chi connectivity index (χ4v) is 3.09. The molecular formula is C12H22N2O3. The molecule has 2 heterocycles. The fraction of sp³-hybridized carbons (Fsp3) is 0.917. The molecule has 0 aromatic carbocycles. The van der Waals surface area contributed by atoms with Gasteiger partial charge in [0, 0.05) is 25.4 Å². The minimum atomic E-state index is -0.572. The topological polar surface area (TPSA) is 75.8 Å². The molecule has 4 unspecified atom stereocenters. The van der Waals surface area contributed by atoms with E-state index in [9.17, 15) is 9.90 Å². The number of hydrogen-bond acceptors (Lipinski definition) is 4. The summed E-state index contributed by atoms with van der Waals surface area (Å²) in [5.41, 5.74) is 5.51. The van der Waals surface area contributed by atoms with Crippen LogP contribution in [0.25, 0.3) is 0 Å². The van der Waals surface area contributed by atoms with E-state index in [0.717, 1.165) is 0 Å². The van der Waals surface area contributed by atoms with Gasteiger partial charge in [0.15, 0.2) is 0 Å². The summed E-state index contributed by atoms with van der Waals surface area (Å²) >= 11 is 0. The summed E-state index contributed by atoms with van der Waals surface area (Å²) in [6.07, 6.45) is -0.335. The third-order valence-electron chi connectivity index (χ3n) is 3.97. The highest BCUT2D eigenvalue weighted by Gasteiger charge is 2.53. The Labute approximate surface area is 102 Å². The molecule has 0 aliphatic carbocycles. The van der Waals surface area contributed by atoms with E-state index in [2.05, 4.69) is 13.8 Å². The Kier molecular flexibility index (Phi) is 3.18. The van der Waals surface area contributed by atoms with Crippen LogP contribution in [0.3, 0.4) is 0 Å². The maximum absolute atomic E-state index is 11.6. The first-order chi connectivity index (χ1) is 7.86. The largest absolute Gasteiger partial charge is 0.390 e. The summed E-state index contributed by atoms with van der Waals surface area (Å²) in [4.78, 5) is 13.4. The lowest BCUT2D eigenvalue weighted by molar-refractivity contribution is -0.155. The molecule has 4 atom stereocenters. The summed E-state index contributed by atoms with van der Waals surface area (Å²) < 4.78 is 5.90. The Morgan fingerprint density at radius 1 is 1.59 bits per heavy atom. The minimum Gasteiger partial charge on any atom is -0.390 e. The normalized spacial score (nSPS) is 40.2. The van der Waals surface area contributed by atoms with E-state index < -0.39 is 6.10 Å². The molecule has 2 fully saturated rings. The summed E-state index contributed by atoms with van der Waals surface area (Å²) in [6, 6.07) is -0.0136. The Hall–Kier alpha value is -0.650. The second-order valence-electron chi connectivity index (χ2n) is 5.84. The number of fused-ring (bicyclic) bond motifs is 1. The van der Waals surface area contributed by atoms with E-state index >= 15 is 0 Å². The molecule has 1 amide bonds.